The molecule has 1 aliphatic heterocycles. The number of hydrogen-bond acceptors (Lipinski definition) is 3. The number of Topliss-reactive ketones (excluding diaryl/α,β-unsaturated/α-hetero) is 1. The molecule has 3 aromatic rings. The molecule has 0 spiro atoms. The Kier molecular flexibility index (Phi) is 6.25. The van der Waals surface area contributed by atoms with Crippen LogP contribution in [0.5, 0.6) is 5.75 Å². The second kappa shape index (κ2) is 9.47. The highest BCUT2D eigenvalue weighted by Gasteiger charge is 2.39. The van der Waals surface area contributed by atoms with Crippen molar-refractivity contribution in [2.75, 3.05) is 4.90 Å². The molecule has 1 heterocycles. The zero-order valence-electron chi connectivity index (χ0n) is 19.1. The molecule has 1 unspecified atom stereocenters. The van der Waals surface area contributed by atoms with Gasteiger partial charge >= 0.3 is 0 Å². The highest BCUT2D eigenvalue weighted by Crippen LogP contribution is 2.43. The van der Waals surface area contributed by atoms with Crippen LogP contribution in [0, 0.1) is 6.92 Å². The Morgan fingerprint density at radius 2 is 1.76 bits per heavy atom. The SMILES string of the molecule is Cc1cccc(N2C(=O)CC(c3ccc(OCc4cccc(Cl)c4)cc3)C3=C2CCCC3=O)c1. The van der Waals surface area contributed by atoms with Crippen LogP contribution in [0.2, 0.25) is 5.02 Å². The monoisotopic (exact) mass is 471 g/mol. The number of carbonyl (C=O) groups is 2. The molecular weight excluding hydrogens is 446 g/mol. The van der Waals surface area contributed by atoms with Gasteiger partial charge in [-0.15, -0.1) is 0 Å². The molecule has 0 N–H and O–H groups in total. The predicted molar refractivity (Wildman–Crippen MR) is 134 cm³/mol. The average Bonchev–Trinajstić information content (AvgIpc) is 2.83. The Bertz CT molecular complexity index is 1280. The van der Waals surface area contributed by atoms with Crippen LogP contribution in [0.1, 0.15) is 48.3 Å². The number of halogens is 1. The molecular formula is C29H26ClNO3. The molecule has 1 aliphatic carbocycles. The maximum Gasteiger partial charge on any atom is 0.232 e. The van der Waals surface area contributed by atoms with E-state index in [4.69, 9.17) is 16.3 Å². The smallest absolute Gasteiger partial charge is 0.232 e. The zero-order chi connectivity index (χ0) is 23.7. The zero-order valence-corrected chi connectivity index (χ0v) is 19.8. The van der Waals surface area contributed by atoms with Gasteiger partial charge in [0.15, 0.2) is 5.78 Å². The van der Waals surface area contributed by atoms with Crippen molar-refractivity contribution in [2.45, 2.75) is 45.1 Å². The van der Waals surface area contributed by atoms with Gasteiger partial charge in [0, 0.05) is 40.7 Å². The molecule has 172 valence electrons. The van der Waals surface area contributed by atoms with Crippen molar-refractivity contribution in [1.29, 1.82) is 0 Å². The van der Waals surface area contributed by atoms with Gasteiger partial charge in [0.2, 0.25) is 5.91 Å². The molecule has 5 heteroatoms. The van der Waals surface area contributed by atoms with Gasteiger partial charge in [-0.25, -0.2) is 0 Å². The van der Waals surface area contributed by atoms with E-state index in [0.29, 0.717) is 18.1 Å². The number of aryl methyl sites for hydroxylation is 1. The van der Waals surface area contributed by atoms with Crippen LogP contribution in [0.15, 0.2) is 84.1 Å². The minimum absolute atomic E-state index is 0.0327. The van der Waals surface area contributed by atoms with Crippen LogP contribution >= 0.6 is 11.6 Å². The minimum atomic E-state index is -0.224. The molecule has 34 heavy (non-hydrogen) atoms. The first-order valence-corrected chi connectivity index (χ1v) is 12.0. The third-order valence-electron chi connectivity index (χ3n) is 6.51. The lowest BCUT2D eigenvalue weighted by atomic mass is 9.77. The maximum absolute atomic E-state index is 13.4. The summed E-state index contributed by atoms with van der Waals surface area (Å²) in [5.74, 6) is 0.692. The van der Waals surface area contributed by atoms with Crippen molar-refractivity contribution in [3.05, 3.63) is 106 Å². The maximum atomic E-state index is 13.4. The second-order valence-corrected chi connectivity index (χ2v) is 9.39. The van der Waals surface area contributed by atoms with Gasteiger partial charge < -0.3 is 4.74 Å². The Labute approximate surface area is 204 Å². The minimum Gasteiger partial charge on any atom is -0.489 e. The van der Waals surface area contributed by atoms with Gasteiger partial charge in [-0.1, -0.05) is 48.0 Å². The van der Waals surface area contributed by atoms with Gasteiger partial charge in [0.05, 0.1) is 0 Å². The number of allylic oxidation sites excluding steroid dienone is 2. The number of hydrogen-bond donors (Lipinski definition) is 0. The molecule has 1 atom stereocenters. The third kappa shape index (κ3) is 4.51. The van der Waals surface area contributed by atoms with Crippen molar-refractivity contribution >= 4 is 29.0 Å². The molecule has 5 rings (SSSR count). The van der Waals surface area contributed by atoms with Crippen molar-refractivity contribution in [1.82, 2.24) is 0 Å². The molecule has 0 bridgehead atoms. The molecule has 2 aliphatic rings. The summed E-state index contributed by atoms with van der Waals surface area (Å²) in [4.78, 5) is 28.2. The number of amides is 1. The number of benzene rings is 3. The number of anilines is 1. The number of ether oxygens (including phenoxy) is 1. The highest BCUT2D eigenvalue weighted by atomic mass is 35.5. The fourth-order valence-electron chi connectivity index (χ4n) is 4.93. The van der Waals surface area contributed by atoms with E-state index in [1.54, 1.807) is 4.90 Å². The third-order valence-corrected chi connectivity index (χ3v) is 6.75. The average molecular weight is 472 g/mol. The van der Waals surface area contributed by atoms with Crippen molar-refractivity contribution in [3.8, 4) is 5.75 Å². The fourth-order valence-corrected chi connectivity index (χ4v) is 5.15. The van der Waals surface area contributed by atoms with E-state index in [2.05, 4.69) is 0 Å². The fraction of sp³-hybridized carbons (Fsp3) is 0.241. The first-order chi connectivity index (χ1) is 16.5. The largest absolute Gasteiger partial charge is 0.489 e. The summed E-state index contributed by atoms with van der Waals surface area (Å²) in [5.41, 5.74) is 5.55. The molecule has 3 aromatic carbocycles. The Morgan fingerprint density at radius 3 is 2.53 bits per heavy atom. The molecule has 0 radical (unpaired) electrons. The van der Waals surface area contributed by atoms with E-state index in [0.717, 1.165) is 52.2 Å². The number of carbonyl (C=O) groups excluding carboxylic acids is 2. The van der Waals surface area contributed by atoms with E-state index in [1.807, 2.05) is 79.7 Å². The van der Waals surface area contributed by atoms with Crippen molar-refractivity contribution in [3.63, 3.8) is 0 Å². The van der Waals surface area contributed by atoms with E-state index in [9.17, 15) is 9.59 Å². The first kappa shape index (κ1) is 22.4. The van der Waals surface area contributed by atoms with Crippen LogP contribution in [-0.2, 0) is 16.2 Å². The van der Waals surface area contributed by atoms with Gasteiger partial charge in [-0.3, -0.25) is 14.5 Å². The summed E-state index contributed by atoms with van der Waals surface area (Å²) in [5, 5.41) is 0.680. The first-order valence-electron chi connectivity index (χ1n) is 11.6. The van der Waals surface area contributed by atoms with Gasteiger partial charge in [0.25, 0.3) is 0 Å². The van der Waals surface area contributed by atoms with Gasteiger partial charge in [0.1, 0.15) is 12.4 Å². The van der Waals surface area contributed by atoms with Crippen LogP contribution < -0.4 is 9.64 Å². The van der Waals surface area contributed by atoms with Gasteiger partial charge in [-0.05, 0) is 72.9 Å². The van der Waals surface area contributed by atoms with Gasteiger partial charge in [-0.2, -0.15) is 0 Å². The van der Waals surface area contributed by atoms with Crippen LogP contribution in [0.4, 0.5) is 5.69 Å². The van der Waals surface area contributed by atoms with Crippen LogP contribution in [0.3, 0.4) is 0 Å². The standard InChI is InChI=1S/C29H26ClNO3/c1-19-5-2-8-23(15-19)31-26-9-4-10-27(32)29(26)25(17-28(31)33)21-11-13-24(14-12-21)34-18-20-6-3-7-22(30)16-20/h2-3,5-8,11-16,25H,4,9-10,17-18H2,1H3. The molecule has 0 saturated heterocycles. The topological polar surface area (TPSA) is 46.6 Å². The molecule has 0 fully saturated rings. The summed E-state index contributed by atoms with van der Waals surface area (Å²) in [6, 6.07) is 23.3. The van der Waals surface area contributed by atoms with E-state index < -0.39 is 0 Å². The molecule has 0 saturated carbocycles. The van der Waals surface area contributed by atoms with Crippen LogP contribution in [0.25, 0.3) is 0 Å². The second-order valence-electron chi connectivity index (χ2n) is 8.95. The summed E-state index contributed by atoms with van der Waals surface area (Å²) in [6.45, 7) is 2.43. The highest BCUT2D eigenvalue weighted by molar-refractivity contribution is 6.30. The summed E-state index contributed by atoms with van der Waals surface area (Å²) in [6.07, 6.45) is 2.32. The Balaban J connectivity index is 1.42. The molecule has 0 aromatic heterocycles. The van der Waals surface area contributed by atoms with E-state index >= 15 is 0 Å². The summed E-state index contributed by atoms with van der Waals surface area (Å²) in [7, 11) is 0. The quantitative estimate of drug-likeness (QED) is 0.413. The summed E-state index contributed by atoms with van der Waals surface area (Å²) >= 11 is 6.05. The molecule has 4 nitrogen and oxygen atoms in total. The number of rotatable bonds is 5. The lowest BCUT2D eigenvalue weighted by Crippen LogP contribution is -2.40. The predicted octanol–water partition coefficient (Wildman–Crippen LogP) is 6.76. The Morgan fingerprint density at radius 1 is 0.971 bits per heavy atom. The normalized spacial score (nSPS) is 18.2. The van der Waals surface area contributed by atoms with E-state index in [1.165, 1.54) is 0 Å². The van der Waals surface area contributed by atoms with Crippen LogP contribution in [-0.4, -0.2) is 11.7 Å². The van der Waals surface area contributed by atoms with Crippen molar-refractivity contribution in [2.24, 2.45) is 0 Å². The number of ketones is 1. The van der Waals surface area contributed by atoms with E-state index in [-0.39, 0.29) is 24.0 Å². The number of nitrogens with zero attached hydrogens (tertiary/aromatic N) is 1. The lowest BCUT2D eigenvalue weighted by Gasteiger charge is -2.38. The summed E-state index contributed by atoms with van der Waals surface area (Å²) < 4.78 is 5.91. The lowest BCUT2D eigenvalue weighted by molar-refractivity contribution is -0.119. The molecule has 1 amide bonds. The Hall–Kier alpha value is -3.37. The van der Waals surface area contributed by atoms with Crippen molar-refractivity contribution < 1.29 is 14.3 Å².